The smallest absolute Gasteiger partial charge is 0.311 e. The van der Waals surface area contributed by atoms with Crippen molar-refractivity contribution in [3.8, 4) is 5.75 Å². The predicted molar refractivity (Wildman–Crippen MR) is 78.6 cm³/mol. The zero-order valence-electron chi connectivity index (χ0n) is 10.4. The van der Waals surface area contributed by atoms with Gasteiger partial charge in [0, 0.05) is 10.0 Å². The van der Waals surface area contributed by atoms with Gasteiger partial charge in [0.25, 0.3) is 0 Å². The number of benzene rings is 2. The lowest BCUT2D eigenvalue weighted by molar-refractivity contribution is -0.138. The highest BCUT2D eigenvalue weighted by Gasteiger charge is 2.21. The third kappa shape index (κ3) is 3.44. The summed E-state index contributed by atoms with van der Waals surface area (Å²) in [5.74, 6) is -1.57. The number of aromatic hydroxyl groups is 1. The van der Waals surface area contributed by atoms with E-state index in [1.54, 1.807) is 30.3 Å². The van der Waals surface area contributed by atoms with Gasteiger partial charge in [-0.05, 0) is 41.8 Å². The van der Waals surface area contributed by atoms with Crippen LogP contribution in [0, 0.1) is 0 Å². The van der Waals surface area contributed by atoms with Gasteiger partial charge in [0.15, 0.2) is 0 Å². The summed E-state index contributed by atoms with van der Waals surface area (Å²) in [6.45, 7) is 0. The van der Waals surface area contributed by atoms with Crippen LogP contribution in [0.1, 0.15) is 17.0 Å². The summed E-state index contributed by atoms with van der Waals surface area (Å²) in [6, 6.07) is 11.1. The molecule has 0 aliphatic heterocycles. The Balaban J connectivity index is 2.30. The number of aliphatic carboxylic acids is 1. The largest absolute Gasteiger partial charge is 0.508 e. The summed E-state index contributed by atoms with van der Waals surface area (Å²) >= 11 is 11.9. The van der Waals surface area contributed by atoms with Gasteiger partial charge in [0.1, 0.15) is 5.75 Å². The first kappa shape index (κ1) is 14.7. The molecule has 0 spiro atoms. The van der Waals surface area contributed by atoms with E-state index < -0.39 is 11.9 Å². The predicted octanol–water partition coefficient (Wildman–Crippen LogP) is 4.11. The van der Waals surface area contributed by atoms with E-state index >= 15 is 0 Å². The minimum atomic E-state index is -0.943. The number of hydrogen-bond acceptors (Lipinski definition) is 2. The van der Waals surface area contributed by atoms with E-state index in [1.807, 2.05) is 0 Å². The van der Waals surface area contributed by atoms with Crippen LogP contribution in [0.3, 0.4) is 0 Å². The van der Waals surface area contributed by atoms with E-state index in [0.29, 0.717) is 15.6 Å². The Morgan fingerprint density at radius 1 is 1.10 bits per heavy atom. The second-order valence-electron chi connectivity index (χ2n) is 4.42. The fraction of sp³-hybridized carbons (Fsp3) is 0.133. The minimum absolute atomic E-state index is 0.0995. The molecule has 104 valence electrons. The average molecular weight is 311 g/mol. The molecule has 5 heteroatoms. The van der Waals surface area contributed by atoms with Crippen LogP contribution in [0.5, 0.6) is 5.75 Å². The van der Waals surface area contributed by atoms with Crippen molar-refractivity contribution in [1.29, 1.82) is 0 Å². The SMILES string of the molecule is O=C(O)C(Cc1ccc(Cl)cc1Cl)c1ccc(O)cc1. The second-order valence-corrected chi connectivity index (χ2v) is 5.27. The molecule has 20 heavy (non-hydrogen) atoms. The van der Waals surface area contributed by atoms with E-state index in [-0.39, 0.29) is 12.2 Å². The molecule has 0 heterocycles. The molecule has 0 aliphatic rings. The topological polar surface area (TPSA) is 57.5 Å². The lowest BCUT2D eigenvalue weighted by atomic mass is 9.92. The molecule has 0 saturated heterocycles. The molecule has 0 saturated carbocycles. The van der Waals surface area contributed by atoms with Crippen LogP contribution in [0.2, 0.25) is 10.0 Å². The van der Waals surface area contributed by atoms with Crippen molar-refractivity contribution in [3.05, 3.63) is 63.6 Å². The number of hydrogen-bond donors (Lipinski definition) is 2. The van der Waals surface area contributed by atoms with Gasteiger partial charge in [-0.15, -0.1) is 0 Å². The van der Waals surface area contributed by atoms with E-state index in [4.69, 9.17) is 23.2 Å². The van der Waals surface area contributed by atoms with Crippen LogP contribution in [-0.4, -0.2) is 16.2 Å². The summed E-state index contributed by atoms with van der Waals surface area (Å²) in [7, 11) is 0. The molecular weight excluding hydrogens is 299 g/mol. The zero-order chi connectivity index (χ0) is 14.7. The van der Waals surface area contributed by atoms with E-state index in [1.165, 1.54) is 12.1 Å². The first-order valence-corrected chi connectivity index (χ1v) is 6.68. The lowest BCUT2D eigenvalue weighted by Crippen LogP contribution is -2.14. The first-order valence-electron chi connectivity index (χ1n) is 5.93. The molecule has 2 rings (SSSR count). The van der Waals surface area contributed by atoms with Crippen molar-refractivity contribution in [3.63, 3.8) is 0 Å². The Kier molecular flexibility index (Phi) is 4.53. The molecule has 2 N–H and O–H groups in total. The van der Waals surface area contributed by atoms with Crippen molar-refractivity contribution in [1.82, 2.24) is 0 Å². The zero-order valence-corrected chi connectivity index (χ0v) is 11.9. The summed E-state index contributed by atoms with van der Waals surface area (Å²) in [5.41, 5.74) is 1.33. The summed E-state index contributed by atoms with van der Waals surface area (Å²) in [6.07, 6.45) is 0.260. The molecule has 0 bridgehead atoms. The highest BCUT2D eigenvalue weighted by molar-refractivity contribution is 6.35. The molecule has 2 aromatic rings. The van der Waals surface area contributed by atoms with Crippen LogP contribution in [0.4, 0.5) is 0 Å². The Morgan fingerprint density at radius 2 is 1.75 bits per heavy atom. The fourth-order valence-electron chi connectivity index (χ4n) is 1.96. The van der Waals surface area contributed by atoms with Crippen LogP contribution >= 0.6 is 23.2 Å². The monoisotopic (exact) mass is 310 g/mol. The lowest BCUT2D eigenvalue weighted by Gasteiger charge is -2.14. The highest BCUT2D eigenvalue weighted by Crippen LogP contribution is 2.28. The molecular formula is C15H12Cl2O3. The average Bonchev–Trinajstić information content (AvgIpc) is 2.39. The number of carbonyl (C=O) groups is 1. The Bertz CT molecular complexity index is 624. The van der Waals surface area contributed by atoms with Crippen molar-refractivity contribution in [2.45, 2.75) is 12.3 Å². The fourth-order valence-corrected chi connectivity index (χ4v) is 2.45. The van der Waals surface area contributed by atoms with Gasteiger partial charge in [-0.25, -0.2) is 0 Å². The van der Waals surface area contributed by atoms with Crippen LogP contribution in [-0.2, 0) is 11.2 Å². The normalized spacial score (nSPS) is 12.1. The van der Waals surface area contributed by atoms with Gasteiger partial charge >= 0.3 is 5.97 Å². The number of carboxylic acid groups (broad SMARTS) is 1. The molecule has 3 nitrogen and oxygen atoms in total. The minimum Gasteiger partial charge on any atom is -0.508 e. The molecule has 0 aliphatic carbocycles. The maximum absolute atomic E-state index is 11.4. The van der Waals surface area contributed by atoms with Crippen molar-refractivity contribution in [2.24, 2.45) is 0 Å². The summed E-state index contributed by atoms with van der Waals surface area (Å²) in [4.78, 5) is 11.4. The van der Waals surface area contributed by atoms with Crippen molar-refractivity contribution in [2.75, 3.05) is 0 Å². The molecule has 2 aromatic carbocycles. The molecule has 0 aromatic heterocycles. The second kappa shape index (κ2) is 6.16. The summed E-state index contributed by atoms with van der Waals surface area (Å²) in [5, 5.41) is 19.6. The molecule has 0 radical (unpaired) electrons. The van der Waals surface area contributed by atoms with Gasteiger partial charge in [0.05, 0.1) is 5.92 Å². The van der Waals surface area contributed by atoms with Crippen molar-refractivity contribution >= 4 is 29.2 Å². The Hall–Kier alpha value is -1.71. The molecule has 1 atom stereocenters. The van der Waals surface area contributed by atoms with Crippen LogP contribution < -0.4 is 0 Å². The highest BCUT2D eigenvalue weighted by atomic mass is 35.5. The van der Waals surface area contributed by atoms with E-state index in [2.05, 4.69) is 0 Å². The molecule has 1 unspecified atom stereocenters. The van der Waals surface area contributed by atoms with Crippen LogP contribution in [0.25, 0.3) is 0 Å². The standard InChI is InChI=1S/C15H12Cl2O3/c16-11-4-1-10(14(17)8-11)7-13(15(19)20)9-2-5-12(18)6-3-9/h1-6,8,13,18H,7H2,(H,19,20). The number of phenolic OH excluding ortho intramolecular Hbond substituents is 1. The molecule has 0 fully saturated rings. The number of rotatable bonds is 4. The van der Waals surface area contributed by atoms with Gasteiger partial charge in [-0.3, -0.25) is 4.79 Å². The quantitative estimate of drug-likeness (QED) is 0.893. The Labute approximate surface area is 126 Å². The summed E-state index contributed by atoms with van der Waals surface area (Å²) < 4.78 is 0. The number of halogens is 2. The van der Waals surface area contributed by atoms with Gasteiger partial charge in [-0.2, -0.15) is 0 Å². The van der Waals surface area contributed by atoms with Gasteiger partial charge in [-0.1, -0.05) is 41.4 Å². The number of phenols is 1. The van der Waals surface area contributed by atoms with Gasteiger partial charge in [0.2, 0.25) is 0 Å². The van der Waals surface area contributed by atoms with Crippen LogP contribution in [0.15, 0.2) is 42.5 Å². The third-order valence-electron chi connectivity index (χ3n) is 3.03. The van der Waals surface area contributed by atoms with Crippen molar-refractivity contribution < 1.29 is 15.0 Å². The first-order chi connectivity index (χ1) is 9.47. The number of carboxylic acids is 1. The van der Waals surface area contributed by atoms with E-state index in [0.717, 1.165) is 5.56 Å². The third-order valence-corrected chi connectivity index (χ3v) is 3.62. The van der Waals surface area contributed by atoms with E-state index in [9.17, 15) is 15.0 Å². The molecule has 0 amide bonds. The Morgan fingerprint density at radius 3 is 2.30 bits per heavy atom. The van der Waals surface area contributed by atoms with Gasteiger partial charge < -0.3 is 10.2 Å². The maximum Gasteiger partial charge on any atom is 0.311 e. The maximum atomic E-state index is 11.4.